The van der Waals surface area contributed by atoms with Gasteiger partial charge in [-0.1, -0.05) is 43.6 Å². The number of amides is 1. The summed E-state index contributed by atoms with van der Waals surface area (Å²) in [6, 6.07) is 10.7. The number of ether oxygens (including phenoxy) is 1. The molecule has 0 aliphatic rings. The summed E-state index contributed by atoms with van der Waals surface area (Å²) < 4.78 is 5.48. The van der Waals surface area contributed by atoms with Crippen LogP contribution in [0.15, 0.2) is 36.4 Å². The molecule has 1 heterocycles. The molecule has 0 unspecified atom stereocenters. The molecule has 2 rings (SSSR count). The average molecular weight is 338 g/mol. The number of halogens is 1. The van der Waals surface area contributed by atoms with E-state index in [-0.39, 0.29) is 18.4 Å². The number of hydrogen-bond donors (Lipinski definition) is 1. The van der Waals surface area contributed by atoms with Crippen LogP contribution in [0.3, 0.4) is 0 Å². The van der Waals surface area contributed by atoms with Crippen molar-refractivity contribution in [1.82, 2.24) is 0 Å². The SMILES string of the molecule is CC(C)c1ccccc1NC(=O)COC(=O)c1ccc(Cl)s1. The topological polar surface area (TPSA) is 55.4 Å². The summed E-state index contributed by atoms with van der Waals surface area (Å²) >= 11 is 6.87. The normalized spacial score (nSPS) is 10.5. The number of esters is 1. The number of thiophene rings is 1. The lowest BCUT2D eigenvalue weighted by Crippen LogP contribution is -2.21. The quantitative estimate of drug-likeness (QED) is 0.826. The van der Waals surface area contributed by atoms with Crippen molar-refractivity contribution in [1.29, 1.82) is 0 Å². The lowest BCUT2D eigenvalue weighted by atomic mass is 10.0. The van der Waals surface area contributed by atoms with E-state index in [9.17, 15) is 9.59 Å². The predicted octanol–water partition coefficient (Wildman–Crippen LogP) is 4.32. The Hall–Kier alpha value is -1.85. The molecule has 1 aromatic heterocycles. The number of anilines is 1. The smallest absolute Gasteiger partial charge is 0.348 e. The maximum Gasteiger partial charge on any atom is 0.348 e. The van der Waals surface area contributed by atoms with E-state index in [0.29, 0.717) is 9.21 Å². The summed E-state index contributed by atoms with van der Waals surface area (Å²) in [4.78, 5) is 24.0. The largest absolute Gasteiger partial charge is 0.451 e. The number of nitrogens with one attached hydrogen (secondary N) is 1. The summed E-state index contributed by atoms with van der Waals surface area (Å²) in [5.41, 5.74) is 1.77. The van der Waals surface area contributed by atoms with Crippen molar-refractivity contribution >= 4 is 40.5 Å². The molecule has 0 aliphatic heterocycles. The van der Waals surface area contributed by atoms with Crippen LogP contribution in [0, 0.1) is 0 Å². The van der Waals surface area contributed by atoms with Gasteiger partial charge >= 0.3 is 5.97 Å². The lowest BCUT2D eigenvalue weighted by molar-refractivity contribution is -0.119. The van der Waals surface area contributed by atoms with Gasteiger partial charge in [0.2, 0.25) is 0 Å². The Morgan fingerprint density at radius 3 is 2.59 bits per heavy atom. The predicted molar refractivity (Wildman–Crippen MR) is 88.8 cm³/mol. The lowest BCUT2D eigenvalue weighted by Gasteiger charge is -2.13. The fraction of sp³-hybridized carbons (Fsp3) is 0.250. The molecular weight excluding hydrogens is 322 g/mol. The molecule has 6 heteroatoms. The van der Waals surface area contributed by atoms with Crippen molar-refractivity contribution in [2.75, 3.05) is 11.9 Å². The van der Waals surface area contributed by atoms with E-state index in [1.165, 1.54) is 0 Å². The Morgan fingerprint density at radius 2 is 1.95 bits per heavy atom. The van der Waals surface area contributed by atoms with Crippen LogP contribution >= 0.6 is 22.9 Å². The van der Waals surface area contributed by atoms with E-state index in [1.54, 1.807) is 12.1 Å². The molecule has 1 N–H and O–H groups in total. The monoisotopic (exact) mass is 337 g/mol. The van der Waals surface area contributed by atoms with Gasteiger partial charge in [-0.25, -0.2) is 4.79 Å². The fourth-order valence-corrected chi connectivity index (χ4v) is 2.86. The fourth-order valence-electron chi connectivity index (χ4n) is 1.93. The van der Waals surface area contributed by atoms with Crippen molar-refractivity contribution in [2.45, 2.75) is 19.8 Å². The molecule has 1 aromatic carbocycles. The van der Waals surface area contributed by atoms with Crippen LogP contribution in [0.1, 0.15) is 35.0 Å². The second-order valence-electron chi connectivity index (χ2n) is 4.97. The van der Waals surface area contributed by atoms with Crippen LogP contribution in [0.25, 0.3) is 0 Å². The van der Waals surface area contributed by atoms with Gasteiger partial charge in [-0.15, -0.1) is 11.3 Å². The Bertz CT molecular complexity index is 682. The third-order valence-electron chi connectivity index (χ3n) is 2.97. The van der Waals surface area contributed by atoms with Crippen LogP contribution in [0.4, 0.5) is 5.69 Å². The summed E-state index contributed by atoms with van der Waals surface area (Å²) in [5, 5.41) is 2.77. The molecule has 22 heavy (non-hydrogen) atoms. The highest BCUT2D eigenvalue weighted by Gasteiger charge is 2.14. The van der Waals surface area contributed by atoms with Crippen molar-refractivity contribution in [3.05, 3.63) is 51.2 Å². The van der Waals surface area contributed by atoms with E-state index in [1.807, 2.05) is 38.1 Å². The van der Waals surface area contributed by atoms with Gasteiger partial charge in [-0.2, -0.15) is 0 Å². The van der Waals surface area contributed by atoms with Crippen molar-refractivity contribution < 1.29 is 14.3 Å². The van der Waals surface area contributed by atoms with Gasteiger partial charge in [-0.3, -0.25) is 4.79 Å². The van der Waals surface area contributed by atoms with Crippen LogP contribution in [0.2, 0.25) is 4.34 Å². The van der Waals surface area contributed by atoms with Gasteiger partial charge in [0.1, 0.15) is 4.88 Å². The van der Waals surface area contributed by atoms with Gasteiger partial charge in [-0.05, 0) is 29.7 Å². The molecule has 0 fully saturated rings. The van der Waals surface area contributed by atoms with E-state index in [4.69, 9.17) is 16.3 Å². The van der Waals surface area contributed by atoms with Crippen LogP contribution in [-0.2, 0) is 9.53 Å². The molecular formula is C16H16ClNO3S. The minimum Gasteiger partial charge on any atom is -0.451 e. The number of benzene rings is 1. The maximum atomic E-state index is 11.9. The first-order chi connectivity index (χ1) is 10.5. The molecule has 0 bridgehead atoms. The zero-order valence-corrected chi connectivity index (χ0v) is 13.8. The molecule has 0 aliphatic carbocycles. The summed E-state index contributed by atoms with van der Waals surface area (Å²) in [5.74, 6) is -0.638. The first-order valence-electron chi connectivity index (χ1n) is 6.78. The van der Waals surface area contributed by atoms with Crippen molar-refractivity contribution in [3.63, 3.8) is 0 Å². The maximum absolute atomic E-state index is 11.9. The Labute approximate surface area is 138 Å². The molecule has 4 nitrogen and oxygen atoms in total. The highest BCUT2D eigenvalue weighted by atomic mass is 35.5. The Kier molecular flexibility index (Phi) is 5.57. The third kappa shape index (κ3) is 4.32. The molecule has 1 amide bonds. The minimum atomic E-state index is -0.552. The summed E-state index contributed by atoms with van der Waals surface area (Å²) in [6.45, 7) is 3.76. The number of hydrogen-bond acceptors (Lipinski definition) is 4. The zero-order valence-electron chi connectivity index (χ0n) is 12.3. The van der Waals surface area contributed by atoms with Crippen LogP contribution in [-0.4, -0.2) is 18.5 Å². The van der Waals surface area contributed by atoms with Gasteiger partial charge in [0, 0.05) is 5.69 Å². The van der Waals surface area contributed by atoms with Crippen LogP contribution in [0.5, 0.6) is 0 Å². The molecule has 0 spiro atoms. The summed E-state index contributed by atoms with van der Waals surface area (Å²) in [6.07, 6.45) is 0. The zero-order chi connectivity index (χ0) is 16.1. The highest BCUT2D eigenvalue weighted by Crippen LogP contribution is 2.24. The second kappa shape index (κ2) is 7.42. The highest BCUT2D eigenvalue weighted by molar-refractivity contribution is 7.17. The van der Waals surface area contributed by atoms with E-state index in [2.05, 4.69) is 5.32 Å². The first-order valence-corrected chi connectivity index (χ1v) is 7.98. The Morgan fingerprint density at radius 1 is 1.23 bits per heavy atom. The van der Waals surface area contributed by atoms with E-state index < -0.39 is 5.97 Å². The molecule has 116 valence electrons. The second-order valence-corrected chi connectivity index (χ2v) is 6.69. The third-order valence-corrected chi connectivity index (χ3v) is 4.18. The molecule has 2 aromatic rings. The van der Waals surface area contributed by atoms with Gasteiger partial charge in [0.05, 0.1) is 4.34 Å². The summed E-state index contributed by atoms with van der Waals surface area (Å²) in [7, 11) is 0. The number of para-hydroxylation sites is 1. The van der Waals surface area contributed by atoms with Gasteiger partial charge in [0.25, 0.3) is 5.91 Å². The molecule has 0 atom stereocenters. The van der Waals surface area contributed by atoms with Crippen molar-refractivity contribution in [3.8, 4) is 0 Å². The van der Waals surface area contributed by atoms with E-state index in [0.717, 1.165) is 22.6 Å². The standard InChI is InChI=1S/C16H16ClNO3S/c1-10(2)11-5-3-4-6-12(11)18-15(19)9-21-16(20)13-7-8-14(17)22-13/h3-8,10H,9H2,1-2H3,(H,18,19). The molecule has 0 radical (unpaired) electrons. The van der Waals surface area contributed by atoms with Gasteiger partial charge < -0.3 is 10.1 Å². The van der Waals surface area contributed by atoms with Crippen LogP contribution < -0.4 is 5.32 Å². The molecule has 0 saturated heterocycles. The Balaban J connectivity index is 1.92. The van der Waals surface area contributed by atoms with E-state index >= 15 is 0 Å². The average Bonchev–Trinajstić information content (AvgIpc) is 2.92. The molecule has 0 saturated carbocycles. The minimum absolute atomic E-state index is 0.285. The van der Waals surface area contributed by atoms with Gasteiger partial charge in [0.15, 0.2) is 6.61 Å². The van der Waals surface area contributed by atoms with Crippen molar-refractivity contribution in [2.24, 2.45) is 0 Å². The number of rotatable bonds is 5. The number of carbonyl (C=O) groups excluding carboxylic acids is 2. The first kappa shape index (κ1) is 16.5. The number of carbonyl (C=O) groups is 2.